The normalized spacial score (nSPS) is 11.3. The number of carboxylic acids is 1. The second-order valence-electron chi connectivity index (χ2n) is 4.69. The number of unbranched alkanes of at least 4 members (excludes halogenated alkanes) is 3. The van der Waals surface area contributed by atoms with Gasteiger partial charge in [0.2, 0.25) is 0 Å². The van der Waals surface area contributed by atoms with Crippen LogP contribution >= 0.6 is 0 Å². The molecule has 0 aliphatic rings. The Labute approximate surface area is 99.8 Å². The fourth-order valence-electron chi connectivity index (χ4n) is 1.78. The summed E-state index contributed by atoms with van der Waals surface area (Å²) in [5.41, 5.74) is 0. The summed E-state index contributed by atoms with van der Waals surface area (Å²) in [6.07, 6.45) is 5.90. The Kier molecular flexibility index (Phi) is 9.30. The van der Waals surface area contributed by atoms with E-state index in [9.17, 15) is 4.79 Å². The molecule has 0 aliphatic carbocycles. The Hall–Kier alpha value is -0.570. The molecule has 0 rings (SSSR count). The maximum Gasteiger partial charge on any atom is 0.303 e. The van der Waals surface area contributed by atoms with Crippen LogP contribution < -0.4 is 0 Å². The molecule has 1 N–H and O–H groups in total. The molecule has 3 nitrogen and oxygen atoms in total. The third kappa shape index (κ3) is 8.72. The third-order valence-corrected chi connectivity index (χ3v) is 2.87. The van der Waals surface area contributed by atoms with Gasteiger partial charge >= 0.3 is 5.97 Å². The highest BCUT2D eigenvalue weighted by Gasteiger charge is 2.08. The zero-order chi connectivity index (χ0) is 12.4. The van der Waals surface area contributed by atoms with Crippen LogP contribution in [0.2, 0.25) is 0 Å². The Balaban J connectivity index is 3.63. The van der Waals surface area contributed by atoms with E-state index in [1.165, 1.54) is 19.3 Å². The monoisotopic (exact) mass is 229 g/mol. The molecule has 0 bridgehead atoms. The molecule has 0 unspecified atom stereocenters. The van der Waals surface area contributed by atoms with Gasteiger partial charge in [-0.15, -0.1) is 0 Å². The molecular weight excluding hydrogens is 202 g/mol. The highest BCUT2D eigenvalue weighted by molar-refractivity contribution is 5.66. The van der Waals surface area contributed by atoms with Crippen LogP contribution in [0.25, 0.3) is 0 Å². The van der Waals surface area contributed by atoms with Gasteiger partial charge in [-0.25, -0.2) is 0 Å². The van der Waals surface area contributed by atoms with Gasteiger partial charge in [-0.2, -0.15) is 0 Å². The van der Waals surface area contributed by atoms with Crippen molar-refractivity contribution < 1.29 is 9.90 Å². The summed E-state index contributed by atoms with van der Waals surface area (Å²) >= 11 is 0. The van der Waals surface area contributed by atoms with E-state index < -0.39 is 5.97 Å². The SMILES string of the molecule is CCCCCN(CCCCC(=O)O)C(C)C. The van der Waals surface area contributed by atoms with Crippen molar-refractivity contribution in [1.82, 2.24) is 4.90 Å². The fourth-order valence-corrected chi connectivity index (χ4v) is 1.78. The lowest BCUT2D eigenvalue weighted by atomic mass is 10.2. The highest BCUT2D eigenvalue weighted by atomic mass is 16.4. The van der Waals surface area contributed by atoms with Gasteiger partial charge in [0, 0.05) is 12.5 Å². The molecule has 3 heteroatoms. The summed E-state index contributed by atoms with van der Waals surface area (Å²) in [5, 5.41) is 8.55. The van der Waals surface area contributed by atoms with Crippen LogP contribution in [0, 0.1) is 0 Å². The quantitative estimate of drug-likeness (QED) is 0.585. The van der Waals surface area contributed by atoms with Crippen LogP contribution in [0.5, 0.6) is 0 Å². The molecule has 0 spiro atoms. The zero-order valence-corrected chi connectivity index (χ0v) is 11.0. The molecule has 0 heterocycles. The van der Waals surface area contributed by atoms with Gasteiger partial charge in [0.25, 0.3) is 0 Å². The van der Waals surface area contributed by atoms with Crippen molar-refractivity contribution in [3.63, 3.8) is 0 Å². The van der Waals surface area contributed by atoms with Crippen LogP contribution in [-0.4, -0.2) is 35.1 Å². The van der Waals surface area contributed by atoms with Crippen LogP contribution in [-0.2, 0) is 4.79 Å². The zero-order valence-electron chi connectivity index (χ0n) is 11.0. The first-order valence-corrected chi connectivity index (χ1v) is 6.53. The van der Waals surface area contributed by atoms with Crippen LogP contribution in [0.1, 0.15) is 59.3 Å². The van der Waals surface area contributed by atoms with E-state index in [2.05, 4.69) is 25.7 Å². The molecular formula is C13H27NO2. The first-order valence-electron chi connectivity index (χ1n) is 6.53. The molecule has 0 aliphatic heterocycles. The minimum atomic E-state index is -0.679. The van der Waals surface area contributed by atoms with Crippen LogP contribution in [0.3, 0.4) is 0 Å². The minimum Gasteiger partial charge on any atom is -0.481 e. The molecule has 0 radical (unpaired) electrons. The lowest BCUT2D eigenvalue weighted by molar-refractivity contribution is -0.137. The van der Waals surface area contributed by atoms with Gasteiger partial charge in [-0.05, 0) is 46.2 Å². The molecule has 0 aromatic carbocycles. The van der Waals surface area contributed by atoms with Gasteiger partial charge in [0.1, 0.15) is 0 Å². The second kappa shape index (κ2) is 9.64. The van der Waals surface area contributed by atoms with Gasteiger partial charge < -0.3 is 10.0 Å². The molecule has 0 saturated heterocycles. The Morgan fingerprint density at radius 3 is 2.12 bits per heavy atom. The number of rotatable bonds is 10. The minimum absolute atomic E-state index is 0.306. The second-order valence-corrected chi connectivity index (χ2v) is 4.69. The average Bonchev–Trinajstić information content (AvgIpc) is 2.21. The fraction of sp³-hybridized carbons (Fsp3) is 0.923. The summed E-state index contributed by atoms with van der Waals surface area (Å²) in [4.78, 5) is 12.8. The van der Waals surface area contributed by atoms with Crippen LogP contribution in [0.4, 0.5) is 0 Å². The summed E-state index contributed by atoms with van der Waals surface area (Å²) < 4.78 is 0. The maximum absolute atomic E-state index is 10.4. The number of carboxylic acid groups (broad SMARTS) is 1. The van der Waals surface area contributed by atoms with Gasteiger partial charge in [0.15, 0.2) is 0 Å². The smallest absolute Gasteiger partial charge is 0.303 e. The predicted molar refractivity (Wildman–Crippen MR) is 67.7 cm³/mol. The first-order chi connectivity index (χ1) is 7.57. The molecule has 0 aromatic rings. The molecule has 0 fully saturated rings. The van der Waals surface area contributed by atoms with Crippen molar-refractivity contribution in [2.45, 2.75) is 65.3 Å². The summed E-state index contributed by atoms with van der Waals surface area (Å²) in [6.45, 7) is 8.83. The van der Waals surface area contributed by atoms with E-state index in [4.69, 9.17) is 5.11 Å². The van der Waals surface area contributed by atoms with E-state index in [-0.39, 0.29) is 0 Å². The van der Waals surface area contributed by atoms with E-state index in [1.54, 1.807) is 0 Å². The molecule has 0 atom stereocenters. The topological polar surface area (TPSA) is 40.5 Å². The number of nitrogens with zero attached hydrogens (tertiary/aromatic N) is 1. The Morgan fingerprint density at radius 1 is 1.12 bits per heavy atom. The predicted octanol–water partition coefficient (Wildman–Crippen LogP) is 3.14. The largest absolute Gasteiger partial charge is 0.481 e. The lowest BCUT2D eigenvalue weighted by Gasteiger charge is -2.26. The van der Waals surface area contributed by atoms with Gasteiger partial charge in [-0.1, -0.05) is 19.8 Å². The van der Waals surface area contributed by atoms with Crippen molar-refractivity contribution in [2.24, 2.45) is 0 Å². The maximum atomic E-state index is 10.4. The van der Waals surface area contributed by atoms with Gasteiger partial charge in [-0.3, -0.25) is 4.79 Å². The molecule has 0 saturated carbocycles. The highest BCUT2D eigenvalue weighted by Crippen LogP contribution is 2.06. The number of hydrogen-bond acceptors (Lipinski definition) is 2. The average molecular weight is 229 g/mol. The van der Waals surface area contributed by atoms with E-state index in [1.807, 2.05) is 0 Å². The van der Waals surface area contributed by atoms with Crippen molar-refractivity contribution in [3.8, 4) is 0 Å². The number of carbonyl (C=O) groups is 1. The Morgan fingerprint density at radius 2 is 1.69 bits per heavy atom. The molecule has 0 aromatic heterocycles. The van der Waals surface area contributed by atoms with E-state index in [0.29, 0.717) is 12.5 Å². The molecule has 0 amide bonds. The summed E-state index contributed by atoms with van der Waals surface area (Å²) in [5.74, 6) is -0.679. The standard InChI is InChI=1S/C13H27NO2/c1-4-5-7-10-14(12(2)3)11-8-6-9-13(15)16/h12H,4-11H2,1-3H3,(H,15,16). The molecule has 16 heavy (non-hydrogen) atoms. The van der Waals surface area contributed by atoms with Crippen molar-refractivity contribution in [1.29, 1.82) is 0 Å². The van der Waals surface area contributed by atoms with Crippen molar-refractivity contribution in [2.75, 3.05) is 13.1 Å². The van der Waals surface area contributed by atoms with Crippen LogP contribution in [0.15, 0.2) is 0 Å². The first kappa shape index (κ1) is 15.4. The van der Waals surface area contributed by atoms with E-state index in [0.717, 1.165) is 25.9 Å². The third-order valence-electron chi connectivity index (χ3n) is 2.87. The van der Waals surface area contributed by atoms with Crippen molar-refractivity contribution in [3.05, 3.63) is 0 Å². The Bertz CT molecular complexity index is 181. The van der Waals surface area contributed by atoms with Crippen molar-refractivity contribution >= 4 is 5.97 Å². The number of aliphatic carboxylic acids is 1. The van der Waals surface area contributed by atoms with E-state index >= 15 is 0 Å². The molecule has 96 valence electrons. The van der Waals surface area contributed by atoms with Gasteiger partial charge in [0.05, 0.1) is 0 Å². The lowest BCUT2D eigenvalue weighted by Crippen LogP contribution is -2.32. The summed E-state index contributed by atoms with van der Waals surface area (Å²) in [7, 11) is 0. The summed E-state index contributed by atoms with van der Waals surface area (Å²) in [6, 6.07) is 0.571. The number of hydrogen-bond donors (Lipinski definition) is 1.